The van der Waals surface area contributed by atoms with Gasteiger partial charge < -0.3 is 14.2 Å². The van der Waals surface area contributed by atoms with Crippen LogP contribution < -0.4 is 5.32 Å². The minimum atomic E-state index is -0.515. The molecule has 1 amide bonds. The maximum absolute atomic E-state index is 13.3. The SMILES string of the molecule is O=C(CNc1ccc(F)c(Cl)c1)N1N=C(c2ccco2)C[C@@H]1c1ccco1. The van der Waals surface area contributed by atoms with E-state index in [2.05, 4.69) is 10.4 Å². The molecular weight excluding hydrogens is 373 g/mol. The maximum atomic E-state index is 13.3. The highest BCUT2D eigenvalue weighted by molar-refractivity contribution is 6.31. The highest BCUT2D eigenvalue weighted by Gasteiger charge is 2.35. The van der Waals surface area contributed by atoms with Gasteiger partial charge in [0.2, 0.25) is 0 Å². The van der Waals surface area contributed by atoms with Gasteiger partial charge in [0.1, 0.15) is 29.1 Å². The van der Waals surface area contributed by atoms with Gasteiger partial charge in [-0.3, -0.25) is 4.79 Å². The number of halogens is 2. The minimum Gasteiger partial charge on any atom is -0.467 e. The molecule has 0 unspecified atom stereocenters. The number of rotatable bonds is 5. The second-order valence-corrected chi connectivity index (χ2v) is 6.39. The first-order valence-electron chi connectivity index (χ1n) is 8.27. The van der Waals surface area contributed by atoms with E-state index in [1.54, 1.807) is 36.8 Å². The van der Waals surface area contributed by atoms with Crippen molar-refractivity contribution < 1.29 is 18.0 Å². The predicted octanol–water partition coefficient (Wildman–Crippen LogP) is 4.45. The number of hydrogen-bond acceptors (Lipinski definition) is 5. The van der Waals surface area contributed by atoms with E-state index in [1.165, 1.54) is 23.2 Å². The van der Waals surface area contributed by atoms with Crippen LogP contribution in [0.25, 0.3) is 0 Å². The number of amides is 1. The second-order valence-electron chi connectivity index (χ2n) is 5.98. The Morgan fingerprint density at radius 2 is 2.07 bits per heavy atom. The summed E-state index contributed by atoms with van der Waals surface area (Å²) in [5.41, 5.74) is 1.21. The third-order valence-corrected chi connectivity index (χ3v) is 4.50. The molecule has 0 saturated carbocycles. The molecule has 1 aliphatic heterocycles. The van der Waals surface area contributed by atoms with Crippen molar-refractivity contribution in [3.05, 3.63) is 77.4 Å². The Bertz CT molecular complexity index is 970. The Balaban J connectivity index is 1.52. The Kier molecular flexibility index (Phi) is 4.68. The number of carbonyl (C=O) groups is 1. The van der Waals surface area contributed by atoms with E-state index >= 15 is 0 Å². The Morgan fingerprint density at radius 1 is 1.26 bits per heavy atom. The molecule has 0 fully saturated rings. The third kappa shape index (κ3) is 3.59. The average Bonchev–Trinajstić information content (AvgIpc) is 3.41. The molecule has 6 nitrogen and oxygen atoms in total. The third-order valence-electron chi connectivity index (χ3n) is 4.21. The van der Waals surface area contributed by atoms with E-state index in [0.717, 1.165) is 0 Å². The van der Waals surface area contributed by atoms with Crippen LogP contribution in [0.3, 0.4) is 0 Å². The van der Waals surface area contributed by atoms with E-state index in [-0.39, 0.29) is 23.5 Å². The summed E-state index contributed by atoms with van der Waals surface area (Å²) < 4.78 is 24.1. The molecule has 4 rings (SSSR count). The number of furan rings is 2. The number of hydrogen-bond donors (Lipinski definition) is 1. The van der Waals surface area contributed by atoms with Crippen molar-refractivity contribution in [2.24, 2.45) is 5.10 Å². The van der Waals surface area contributed by atoms with Crippen LogP contribution in [0, 0.1) is 5.82 Å². The van der Waals surface area contributed by atoms with Crippen molar-refractivity contribution in [2.45, 2.75) is 12.5 Å². The summed E-state index contributed by atoms with van der Waals surface area (Å²) in [5.74, 6) is 0.468. The largest absolute Gasteiger partial charge is 0.467 e. The van der Waals surface area contributed by atoms with Crippen LogP contribution in [0.4, 0.5) is 10.1 Å². The van der Waals surface area contributed by atoms with Gasteiger partial charge in [0, 0.05) is 12.1 Å². The average molecular weight is 388 g/mol. The van der Waals surface area contributed by atoms with Gasteiger partial charge >= 0.3 is 0 Å². The van der Waals surface area contributed by atoms with Crippen LogP contribution in [-0.2, 0) is 4.79 Å². The molecule has 3 heterocycles. The van der Waals surface area contributed by atoms with E-state index in [9.17, 15) is 9.18 Å². The molecule has 0 radical (unpaired) electrons. The number of benzene rings is 1. The molecule has 0 bridgehead atoms. The molecular formula is C19H15ClFN3O3. The number of nitrogens with zero attached hydrogens (tertiary/aromatic N) is 2. The lowest BCUT2D eigenvalue weighted by Crippen LogP contribution is -2.32. The fraction of sp³-hybridized carbons (Fsp3) is 0.158. The maximum Gasteiger partial charge on any atom is 0.262 e. The molecule has 3 aromatic rings. The summed E-state index contributed by atoms with van der Waals surface area (Å²) in [5, 5.41) is 8.74. The zero-order valence-electron chi connectivity index (χ0n) is 14.1. The lowest BCUT2D eigenvalue weighted by atomic mass is 10.1. The van der Waals surface area contributed by atoms with Crippen molar-refractivity contribution in [2.75, 3.05) is 11.9 Å². The Hall–Kier alpha value is -3.06. The monoisotopic (exact) mass is 387 g/mol. The summed E-state index contributed by atoms with van der Waals surface area (Å²) in [6.07, 6.45) is 3.60. The Labute approximate surface area is 159 Å². The fourth-order valence-corrected chi connectivity index (χ4v) is 3.08. The molecule has 27 heavy (non-hydrogen) atoms. The van der Waals surface area contributed by atoms with E-state index in [1.807, 2.05) is 0 Å². The minimum absolute atomic E-state index is 0.0137. The van der Waals surface area contributed by atoms with Crippen LogP contribution in [0.2, 0.25) is 5.02 Å². The van der Waals surface area contributed by atoms with Gasteiger partial charge in [-0.1, -0.05) is 11.6 Å². The topological polar surface area (TPSA) is 71.0 Å². The smallest absolute Gasteiger partial charge is 0.262 e. The first kappa shape index (κ1) is 17.4. The van der Waals surface area contributed by atoms with Crippen molar-refractivity contribution in [1.82, 2.24) is 5.01 Å². The van der Waals surface area contributed by atoms with Crippen LogP contribution in [-0.4, -0.2) is 23.2 Å². The van der Waals surface area contributed by atoms with Crippen molar-refractivity contribution >= 4 is 28.9 Å². The van der Waals surface area contributed by atoms with Gasteiger partial charge in [0.15, 0.2) is 0 Å². The number of carbonyl (C=O) groups excluding carboxylic acids is 1. The standard InChI is InChI=1S/C19H15ClFN3O3/c20-13-9-12(5-6-14(13)21)22-11-19(25)24-16(18-4-2-8-27-18)10-15(23-24)17-3-1-7-26-17/h1-9,16,22H,10-11H2/t16-/m1/s1. The van der Waals surface area contributed by atoms with Gasteiger partial charge in [0.05, 0.1) is 24.1 Å². The van der Waals surface area contributed by atoms with Crippen LogP contribution in [0.5, 0.6) is 0 Å². The quantitative estimate of drug-likeness (QED) is 0.701. The zero-order valence-corrected chi connectivity index (χ0v) is 14.8. The summed E-state index contributed by atoms with van der Waals surface area (Å²) in [6, 6.07) is 11.0. The summed E-state index contributed by atoms with van der Waals surface area (Å²) in [7, 11) is 0. The molecule has 0 saturated heterocycles. The lowest BCUT2D eigenvalue weighted by molar-refractivity contribution is -0.131. The number of anilines is 1. The molecule has 8 heteroatoms. The summed E-state index contributed by atoms with van der Waals surface area (Å²) >= 11 is 5.77. The fourth-order valence-electron chi connectivity index (χ4n) is 2.90. The molecule has 1 aliphatic rings. The van der Waals surface area contributed by atoms with Gasteiger partial charge in [-0.15, -0.1) is 0 Å². The summed E-state index contributed by atoms with van der Waals surface area (Å²) in [4.78, 5) is 12.8. The second kappa shape index (κ2) is 7.28. The number of nitrogens with one attached hydrogen (secondary N) is 1. The van der Waals surface area contributed by atoms with E-state index < -0.39 is 5.82 Å². The van der Waals surface area contributed by atoms with Gasteiger partial charge in [0.25, 0.3) is 5.91 Å². The van der Waals surface area contributed by atoms with Gasteiger partial charge in [-0.2, -0.15) is 5.10 Å². The first-order valence-corrected chi connectivity index (χ1v) is 8.65. The molecule has 2 aromatic heterocycles. The van der Waals surface area contributed by atoms with Gasteiger partial charge in [-0.05, 0) is 42.5 Å². The first-order chi connectivity index (χ1) is 13.1. The van der Waals surface area contributed by atoms with Crippen LogP contribution in [0.15, 0.2) is 68.9 Å². The molecule has 138 valence electrons. The molecule has 1 atom stereocenters. The van der Waals surface area contributed by atoms with Crippen molar-refractivity contribution in [3.8, 4) is 0 Å². The van der Waals surface area contributed by atoms with Crippen LogP contribution in [0.1, 0.15) is 24.0 Å². The molecule has 1 aromatic carbocycles. The van der Waals surface area contributed by atoms with Crippen LogP contribution >= 0.6 is 11.6 Å². The lowest BCUT2D eigenvalue weighted by Gasteiger charge is -2.20. The van der Waals surface area contributed by atoms with E-state index in [4.69, 9.17) is 20.4 Å². The molecule has 1 N–H and O–H groups in total. The number of hydrazone groups is 1. The zero-order chi connectivity index (χ0) is 18.8. The molecule has 0 spiro atoms. The van der Waals surface area contributed by atoms with Crippen molar-refractivity contribution in [3.63, 3.8) is 0 Å². The molecule has 0 aliphatic carbocycles. The normalized spacial score (nSPS) is 16.4. The highest BCUT2D eigenvalue weighted by Crippen LogP contribution is 2.33. The summed E-state index contributed by atoms with van der Waals surface area (Å²) in [6.45, 7) is -0.0336. The highest BCUT2D eigenvalue weighted by atomic mass is 35.5. The predicted molar refractivity (Wildman–Crippen MR) is 98.1 cm³/mol. The Morgan fingerprint density at radius 3 is 2.78 bits per heavy atom. The van der Waals surface area contributed by atoms with Gasteiger partial charge in [-0.25, -0.2) is 9.40 Å². The van der Waals surface area contributed by atoms with Crippen molar-refractivity contribution in [1.29, 1.82) is 0 Å². The van der Waals surface area contributed by atoms with E-state index in [0.29, 0.717) is 29.3 Å².